The molecule has 2 aliphatic rings. The van der Waals surface area contributed by atoms with Crippen molar-refractivity contribution in [3.63, 3.8) is 0 Å². The molecular weight excluding hydrogens is 384 g/mol. The fraction of sp³-hybridized carbons (Fsp3) is 0.579. The SMILES string of the molecule is O=C(CN1CCN(C(=O)N2CCOCC2)CC1)NCCOc1ccc(Cl)cc1. The Bertz CT molecular complexity index is 644. The third-order valence-corrected chi connectivity index (χ3v) is 5.05. The summed E-state index contributed by atoms with van der Waals surface area (Å²) in [4.78, 5) is 30.3. The predicted octanol–water partition coefficient (Wildman–Crippen LogP) is 0.905. The van der Waals surface area contributed by atoms with Crippen molar-refractivity contribution in [2.75, 3.05) is 72.2 Å². The number of hydrogen-bond acceptors (Lipinski definition) is 5. The van der Waals surface area contributed by atoms with Crippen molar-refractivity contribution in [3.8, 4) is 5.75 Å². The highest BCUT2D eigenvalue weighted by molar-refractivity contribution is 6.30. The van der Waals surface area contributed by atoms with Gasteiger partial charge >= 0.3 is 6.03 Å². The van der Waals surface area contributed by atoms with E-state index in [9.17, 15) is 9.59 Å². The molecule has 9 heteroatoms. The molecule has 3 rings (SSSR count). The van der Waals surface area contributed by atoms with Gasteiger partial charge < -0.3 is 24.6 Å². The van der Waals surface area contributed by atoms with Crippen molar-refractivity contribution >= 4 is 23.5 Å². The lowest BCUT2D eigenvalue weighted by Gasteiger charge is -2.38. The smallest absolute Gasteiger partial charge is 0.320 e. The number of nitrogens with zero attached hydrogens (tertiary/aromatic N) is 3. The largest absolute Gasteiger partial charge is 0.492 e. The summed E-state index contributed by atoms with van der Waals surface area (Å²) in [5, 5.41) is 3.52. The summed E-state index contributed by atoms with van der Waals surface area (Å²) < 4.78 is 10.8. The monoisotopic (exact) mass is 410 g/mol. The van der Waals surface area contributed by atoms with E-state index in [0.29, 0.717) is 77.2 Å². The first-order chi connectivity index (χ1) is 13.6. The number of rotatable bonds is 6. The van der Waals surface area contributed by atoms with E-state index in [4.69, 9.17) is 21.1 Å². The van der Waals surface area contributed by atoms with Crippen molar-refractivity contribution < 1.29 is 19.1 Å². The molecular formula is C19H27ClN4O4. The summed E-state index contributed by atoms with van der Waals surface area (Å²) in [5.41, 5.74) is 0. The molecule has 2 heterocycles. The van der Waals surface area contributed by atoms with Crippen molar-refractivity contribution in [2.24, 2.45) is 0 Å². The molecule has 0 aromatic heterocycles. The Labute approximate surface area is 170 Å². The molecule has 3 amide bonds. The van der Waals surface area contributed by atoms with Crippen LogP contribution in [-0.4, -0.2) is 98.8 Å². The predicted molar refractivity (Wildman–Crippen MR) is 106 cm³/mol. The normalized spacial score (nSPS) is 18.0. The van der Waals surface area contributed by atoms with Gasteiger partial charge in [-0.2, -0.15) is 0 Å². The van der Waals surface area contributed by atoms with E-state index in [2.05, 4.69) is 10.2 Å². The average molecular weight is 411 g/mol. The lowest BCUT2D eigenvalue weighted by atomic mass is 10.3. The molecule has 1 aromatic carbocycles. The highest BCUT2D eigenvalue weighted by Gasteiger charge is 2.26. The molecule has 0 radical (unpaired) electrons. The molecule has 1 N–H and O–H groups in total. The van der Waals surface area contributed by atoms with Crippen LogP contribution >= 0.6 is 11.6 Å². The third kappa shape index (κ3) is 6.25. The standard InChI is InChI=1S/C19H27ClN4O4/c20-16-1-3-17(4-2-16)28-12-5-21-18(25)15-22-6-8-23(9-7-22)19(26)24-10-13-27-14-11-24/h1-4H,5-15H2,(H,21,25). The third-order valence-electron chi connectivity index (χ3n) is 4.80. The maximum Gasteiger partial charge on any atom is 0.320 e. The van der Waals surface area contributed by atoms with Gasteiger partial charge in [0, 0.05) is 44.3 Å². The van der Waals surface area contributed by atoms with E-state index in [1.165, 1.54) is 0 Å². The number of morpholine rings is 1. The Balaban J connectivity index is 1.29. The highest BCUT2D eigenvalue weighted by atomic mass is 35.5. The minimum atomic E-state index is -0.0346. The van der Waals surface area contributed by atoms with Crippen LogP contribution in [-0.2, 0) is 9.53 Å². The molecule has 28 heavy (non-hydrogen) atoms. The molecule has 0 aliphatic carbocycles. The van der Waals surface area contributed by atoms with Crippen LogP contribution in [0.1, 0.15) is 0 Å². The molecule has 2 aliphatic heterocycles. The van der Waals surface area contributed by atoms with Gasteiger partial charge in [0.25, 0.3) is 0 Å². The van der Waals surface area contributed by atoms with Crippen LogP contribution in [0.25, 0.3) is 0 Å². The maximum absolute atomic E-state index is 12.5. The van der Waals surface area contributed by atoms with Gasteiger partial charge in [-0.15, -0.1) is 0 Å². The fourth-order valence-electron chi connectivity index (χ4n) is 3.20. The number of amides is 3. The molecule has 1 aromatic rings. The number of hydrogen-bond donors (Lipinski definition) is 1. The van der Waals surface area contributed by atoms with Gasteiger partial charge in [-0.25, -0.2) is 4.79 Å². The van der Waals surface area contributed by atoms with E-state index < -0.39 is 0 Å². The van der Waals surface area contributed by atoms with E-state index >= 15 is 0 Å². The van der Waals surface area contributed by atoms with Crippen LogP contribution in [0.15, 0.2) is 24.3 Å². The number of carbonyl (C=O) groups is 2. The summed E-state index contributed by atoms with van der Waals surface area (Å²) in [7, 11) is 0. The summed E-state index contributed by atoms with van der Waals surface area (Å²) in [6.07, 6.45) is 0. The Morgan fingerprint density at radius 3 is 2.32 bits per heavy atom. The van der Waals surface area contributed by atoms with Crippen LogP contribution < -0.4 is 10.1 Å². The Hall–Kier alpha value is -2.03. The van der Waals surface area contributed by atoms with Gasteiger partial charge in [0.05, 0.1) is 26.3 Å². The van der Waals surface area contributed by atoms with E-state index in [1.54, 1.807) is 24.3 Å². The van der Waals surface area contributed by atoms with Crippen LogP contribution in [0, 0.1) is 0 Å². The number of piperazine rings is 1. The molecule has 0 spiro atoms. The van der Waals surface area contributed by atoms with E-state index in [1.807, 2.05) is 9.80 Å². The molecule has 8 nitrogen and oxygen atoms in total. The first kappa shape index (κ1) is 20.7. The van der Waals surface area contributed by atoms with E-state index in [0.717, 1.165) is 5.75 Å². The van der Waals surface area contributed by atoms with Crippen molar-refractivity contribution in [1.29, 1.82) is 0 Å². The van der Waals surface area contributed by atoms with Crippen molar-refractivity contribution in [3.05, 3.63) is 29.3 Å². The fourth-order valence-corrected chi connectivity index (χ4v) is 3.33. The number of urea groups is 1. The lowest BCUT2D eigenvalue weighted by Crippen LogP contribution is -2.55. The van der Waals surface area contributed by atoms with Gasteiger partial charge in [-0.05, 0) is 24.3 Å². The van der Waals surface area contributed by atoms with Gasteiger partial charge in [0.15, 0.2) is 0 Å². The van der Waals surface area contributed by atoms with Gasteiger partial charge in [0.2, 0.25) is 5.91 Å². The molecule has 2 fully saturated rings. The minimum absolute atomic E-state index is 0.0346. The summed E-state index contributed by atoms with van der Waals surface area (Å²) in [6, 6.07) is 7.19. The zero-order chi connectivity index (χ0) is 19.8. The van der Waals surface area contributed by atoms with Crippen LogP contribution in [0.4, 0.5) is 4.79 Å². The number of ether oxygens (including phenoxy) is 2. The average Bonchev–Trinajstić information content (AvgIpc) is 2.73. The molecule has 0 saturated carbocycles. The number of carbonyl (C=O) groups excluding carboxylic acids is 2. The number of benzene rings is 1. The second-order valence-corrected chi connectivity index (χ2v) is 7.23. The Morgan fingerprint density at radius 2 is 1.64 bits per heavy atom. The Morgan fingerprint density at radius 1 is 1.00 bits per heavy atom. The minimum Gasteiger partial charge on any atom is -0.492 e. The maximum atomic E-state index is 12.5. The molecule has 0 bridgehead atoms. The second kappa shape index (κ2) is 10.5. The van der Waals surface area contributed by atoms with Gasteiger partial charge in [-0.3, -0.25) is 9.69 Å². The van der Waals surface area contributed by atoms with Crippen molar-refractivity contribution in [2.45, 2.75) is 0 Å². The Kier molecular flexibility index (Phi) is 7.76. The zero-order valence-corrected chi connectivity index (χ0v) is 16.7. The topological polar surface area (TPSA) is 74.4 Å². The van der Waals surface area contributed by atoms with E-state index in [-0.39, 0.29) is 11.9 Å². The van der Waals surface area contributed by atoms with Crippen molar-refractivity contribution in [1.82, 2.24) is 20.0 Å². The van der Waals surface area contributed by atoms with Crippen LogP contribution in [0.3, 0.4) is 0 Å². The van der Waals surface area contributed by atoms with Gasteiger partial charge in [0.1, 0.15) is 12.4 Å². The first-order valence-corrected chi connectivity index (χ1v) is 9.98. The zero-order valence-electron chi connectivity index (χ0n) is 15.9. The molecule has 0 unspecified atom stereocenters. The first-order valence-electron chi connectivity index (χ1n) is 9.61. The van der Waals surface area contributed by atoms with Crippen LogP contribution in [0.2, 0.25) is 5.02 Å². The molecule has 0 atom stereocenters. The second-order valence-electron chi connectivity index (χ2n) is 6.80. The summed E-state index contributed by atoms with van der Waals surface area (Å²) >= 11 is 5.83. The number of halogens is 1. The molecule has 154 valence electrons. The summed E-state index contributed by atoms with van der Waals surface area (Å²) in [6.45, 7) is 6.37. The number of nitrogens with one attached hydrogen (secondary N) is 1. The van der Waals surface area contributed by atoms with Gasteiger partial charge in [-0.1, -0.05) is 11.6 Å². The lowest BCUT2D eigenvalue weighted by molar-refractivity contribution is -0.122. The highest BCUT2D eigenvalue weighted by Crippen LogP contribution is 2.15. The quantitative estimate of drug-likeness (QED) is 0.705. The van der Waals surface area contributed by atoms with Crippen LogP contribution in [0.5, 0.6) is 5.75 Å². The summed E-state index contributed by atoms with van der Waals surface area (Å²) in [5.74, 6) is 0.687. The molecule has 2 saturated heterocycles.